The van der Waals surface area contributed by atoms with Crippen LogP contribution in [0.15, 0.2) is 12.1 Å². The third-order valence-electron chi connectivity index (χ3n) is 3.98. The number of rotatable bonds is 4. The van der Waals surface area contributed by atoms with E-state index in [0.717, 1.165) is 24.2 Å². The Labute approximate surface area is 114 Å². The number of aryl methyl sites for hydroxylation is 1. The van der Waals surface area contributed by atoms with Gasteiger partial charge >= 0.3 is 5.97 Å². The molecular weight excluding hydrogens is 240 g/mol. The van der Waals surface area contributed by atoms with Crippen LogP contribution in [0.5, 0.6) is 5.75 Å². The molecule has 1 aromatic carbocycles. The Bertz CT molecular complexity index is 489. The molecular formula is C16H22O3. The highest BCUT2D eigenvalue weighted by molar-refractivity contribution is 5.70. The van der Waals surface area contributed by atoms with Crippen LogP contribution in [-0.4, -0.2) is 18.2 Å². The lowest BCUT2D eigenvalue weighted by molar-refractivity contribution is -0.138. The van der Waals surface area contributed by atoms with Gasteiger partial charge in [-0.15, -0.1) is 0 Å². The molecule has 0 unspecified atom stereocenters. The van der Waals surface area contributed by atoms with Gasteiger partial charge < -0.3 is 9.84 Å². The van der Waals surface area contributed by atoms with Crippen molar-refractivity contribution < 1.29 is 14.6 Å². The van der Waals surface area contributed by atoms with Crippen molar-refractivity contribution in [1.82, 2.24) is 0 Å². The van der Waals surface area contributed by atoms with Crippen molar-refractivity contribution in [2.24, 2.45) is 0 Å². The first-order valence-corrected chi connectivity index (χ1v) is 6.87. The van der Waals surface area contributed by atoms with Gasteiger partial charge in [0, 0.05) is 11.0 Å². The van der Waals surface area contributed by atoms with Gasteiger partial charge in [-0.3, -0.25) is 4.79 Å². The first kappa shape index (κ1) is 13.9. The highest BCUT2D eigenvalue weighted by atomic mass is 16.5. The van der Waals surface area contributed by atoms with Gasteiger partial charge in [0.1, 0.15) is 5.75 Å². The number of hydrogen-bond acceptors (Lipinski definition) is 2. The molecule has 1 aliphatic rings. The van der Waals surface area contributed by atoms with Gasteiger partial charge in [-0.2, -0.15) is 0 Å². The lowest BCUT2D eigenvalue weighted by atomic mass is 9.74. The molecule has 3 nitrogen and oxygen atoms in total. The average Bonchev–Trinajstić information content (AvgIpc) is 2.35. The van der Waals surface area contributed by atoms with Crippen molar-refractivity contribution in [3.05, 3.63) is 28.8 Å². The van der Waals surface area contributed by atoms with Gasteiger partial charge in [0.05, 0.1) is 13.5 Å². The quantitative estimate of drug-likeness (QED) is 0.905. The molecule has 3 heteroatoms. The Morgan fingerprint density at radius 2 is 2.00 bits per heavy atom. The largest absolute Gasteiger partial charge is 0.496 e. The van der Waals surface area contributed by atoms with E-state index in [-0.39, 0.29) is 6.42 Å². The van der Waals surface area contributed by atoms with Crippen LogP contribution < -0.4 is 4.74 Å². The number of ether oxygens (including phenoxy) is 1. The summed E-state index contributed by atoms with van der Waals surface area (Å²) < 4.78 is 5.49. The summed E-state index contributed by atoms with van der Waals surface area (Å²) >= 11 is 0. The lowest BCUT2D eigenvalue weighted by Crippen LogP contribution is -2.25. The van der Waals surface area contributed by atoms with Crippen LogP contribution in [-0.2, 0) is 23.1 Å². The predicted molar refractivity (Wildman–Crippen MR) is 74.9 cm³/mol. The van der Waals surface area contributed by atoms with Crippen LogP contribution in [0.4, 0.5) is 0 Å². The molecule has 1 aliphatic carbocycles. The van der Waals surface area contributed by atoms with E-state index in [0.29, 0.717) is 0 Å². The first-order chi connectivity index (χ1) is 8.95. The Balaban J connectivity index is 2.55. The van der Waals surface area contributed by atoms with Crippen molar-refractivity contribution >= 4 is 5.97 Å². The summed E-state index contributed by atoms with van der Waals surface area (Å²) in [6.07, 6.45) is 4.65. The zero-order valence-electron chi connectivity index (χ0n) is 12.0. The van der Waals surface area contributed by atoms with Crippen molar-refractivity contribution in [2.45, 2.75) is 51.4 Å². The summed E-state index contributed by atoms with van der Waals surface area (Å²) in [5, 5.41) is 9.14. The minimum atomic E-state index is -0.763. The molecule has 0 aliphatic heterocycles. The fraction of sp³-hybridized carbons (Fsp3) is 0.562. The first-order valence-electron chi connectivity index (χ1n) is 6.87. The van der Waals surface area contributed by atoms with Crippen molar-refractivity contribution in [1.29, 1.82) is 0 Å². The maximum absolute atomic E-state index is 11.1. The second kappa shape index (κ2) is 5.24. The number of carbonyl (C=O) groups is 1. The van der Waals surface area contributed by atoms with Crippen LogP contribution in [0.25, 0.3) is 0 Å². The summed E-state index contributed by atoms with van der Waals surface area (Å²) in [6.45, 7) is 3.99. The fourth-order valence-corrected chi connectivity index (χ4v) is 3.19. The van der Waals surface area contributed by atoms with Gasteiger partial charge in [0.25, 0.3) is 0 Å². The van der Waals surface area contributed by atoms with Crippen molar-refractivity contribution in [3.8, 4) is 5.75 Å². The van der Waals surface area contributed by atoms with Crippen LogP contribution in [0.1, 0.15) is 49.8 Å². The number of aliphatic carboxylic acids is 1. The third kappa shape index (κ3) is 2.75. The number of hydrogen-bond donors (Lipinski definition) is 1. The van der Waals surface area contributed by atoms with Gasteiger partial charge in [-0.05, 0) is 42.9 Å². The van der Waals surface area contributed by atoms with E-state index in [4.69, 9.17) is 9.84 Å². The molecule has 0 atom stereocenters. The molecule has 0 spiro atoms. The Morgan fingerprint density at radius 1 is 1.32 bits per heavy atom. The Kier molecular flexibility index (Phi) is 3.83. The third-order valence-corrected chi connectivity index (χ3v) is 3.98. The number of carboxylic acids is 1. The molecule has 1 N–H and O–H groups in total. The van der Waals surface area contributed by atoms with Gasteiger partial charge in [-0.1, -0.05) is 19.9 Å². The van der Waals surface area contributed by atoms with E-state index in [1.54, 1.807) is 7.11 Å². The second-order valence-corrected chi connectivity index (χ2v) is 5.94. The average molecular weight is 262 g/mol. The summed E-state index contributed by atoms with van der Waals surface area (Å²) in [5.41, 5.74) is 3.37. The van der Waals surface area contributed by atoms with E-state index in [1.807, 2.05) is 19.9 Å². The normalized spacial score (nSPS) is 14.9. The molecule has 2 rings (SSSR count). The molecule has 0 amide bonds. The molecule has 0 saturated heterocycles. The number of benzene rings is 1. The molecule has 19 heavy (non-hydrogen) atoms. The standard InChI is InChI=1S/C16H22O3/c1-16(2,10-14(17)18)15-12-7-5-4-6-11(12)8-9-13(15)19-3/h8-9H,4-7,10H2,1-3H3,(H,17,18). The lowest BCUT2D eigenvalue weighted by Gasteiger charge is -2.31. The number of fused-ring (bicyclic) bond motifs is 1. The molecule has 1 aromatic rings. The Hall–Kier alpha value is -1.51. The Morgan fingerprint density at radius 3 is 2.63 bits per heavy atom. The highest BCUT2D eigenvalue weighted by Crippen LogP contribution is 2.40. The zero-order valence-corrected chi connectivity index (χ0v) is 12.0. The molecule has 0 saturated carbocycles. The van der Waals surface area contributed by atoms with Crippen LogP contribution >= 0.6 is 0 Å². The van der Waals surface area contributed by atoms with Crippen LogP contribution in [0.3, 0.4) is 0 Å². The van der Waals surface area contributed by atoms with Crippen molar-refractivity contribution in [3.63, 3.8) is 0 Å². The van der Waals surface area contributed by atoms with E-state index < -0.39 is 11.4 Å². The predicted octanol–water partition coefficient (Wildman–Crippen LogP) is 3.33. The topological polar surface area (TPSA) is 46.5 Å². The second-order valence-electron chi connectivity index (χ2n) is 5.94. The number of methoxy groups -OCH3 is 1. The van der Waals surface area contributed by atoms with E-state index in [1.165, 1.54) is 24.0 Å². The minimum absolute atomic E-state index is 0.125. The minimum Gasteiger partial charge on any atom is -0.496 e. The van der Waals surface area contributed by atoms with E-state index in [9.17, 15) is 4.79 Å². The van der Waals surface area contributed by atoms with Crippen molar-refractivity contribution in [2.75, 3.05) is 7.11 Å². The van der Waals surface area contributed by atoms with E-state index in [2.05, 4.69) is 6.07 Å². The maximum atomic E-state index is 11.1. The maximum Gasteiger partial charge on any atom is 0.304 e. The number of carboxylic acid groups (broad SMARTS) is 1. The SMILES string of the molecule is COc1ccc2c(c1C(C)(C)CC(=O)O)CCCC2. The molecule has 0 bridgehead atoms. The summed E-state index contributed by atoms with van der Waals surface area (Å²) in [5.74, 6) is 0.0624. The van der Waals surface area contributed by atoms with Crippen LogP contribution in [0.2, 0.25) is 0 Å². The molecule has 0 fully saturated rings. The molecule has 0 aromatic heterocycles. The monoisotopic (exact) mass is 262 g/mol. The fourth-order valence-electron chi connectivity index (χ4n) is 3.19. The molecule has 0 radical (unpaired) electrons. The van der Waals surface area contributed by atoms with Gasteiger partial charge in [0.15, 0.2) is 0 Å². The summed E-state index contributed by atoms with van der Waals surface area (Å²) in [6, 6.07) is 4.12. The summed E-state index contributed by atoms with van der Waals surface area (Å²) in [4.78, 5) is 11.1. The summed E-state index contributed by atoms with van der Waals surface area (Å²) in [7, 11) is 1.66. The highest BCUT2D eigenvalue weighted by Gasteiger charge is 2.31. The zero-order chi connectivity index (χ0) is 14.0. The van der Waals surface area contributed by atoms with Gasteiger partial charge in [-0.25, -0.2) is 0 Å². The van der Waals surface area contributed by atoms with Crippen LogP contribution in [0, 0.1) is 0 Å². The van der Waals surface area contributed by atoms with E-state index >= 15 is 0 Å². The molecule has 0 heterocycles. The molecule has 104 valence electrons. The van der Waals surface area contributed by atoms with Gasteiger partial charge in [0.2, 0.25) is 0 Å². The smallest absolute Gasteiger partial charge is 0.304 e.